The van der Waals surface area contributed by atoms with E-state index in [2.05, 4.69) is 10.1 Å². The van der Waals surface area contributed by atoms with Crippen LogP contribution in [0.3, 0.4) is 0 Å². The zero-order chi connectivity index (χ0) is 12.1. The summed E-state index contributed by atoms with van der Waals surface area (Å²) < 4.78 is 9.73. The Morgan fingerprint density at radius 2 is 2.47 bits per heavy atom. The Balaban J connectivity index is 1.94. The van der Waals surface area contributed by atoms with Crippen molar-refractivity contribution in [2.45, 2.75) is 12.8 Å². The minimum Gasteiger partial charge on any atom is -0.377 e. The van der Waals surface area contributed by atoms with Gasteiger partial charge in [-0.2, -0.15) is 4.98 Å². The lowest BCUT2D eigenvalue weighted by molar-refractivity contribution is -0.122. The fourth-order valence-corrected chi connectivity index (χ4v) is 2.08. The SMILES string of the molecule is COCC(=O)Cc1nc(Cc2cccs2)no1. The highest BCUT2D eigenvalue weighted by Gasteiger charge is 2.11. The highest BCUT2D eigenvalue weighted by Crippen LogP contribution is 2.12. The van der Waals surface area contributed by atoms with Crippen LogP contribution in [-0.4, -0.2) is 29.6 Å². The van der Waals surface area contributed by atoms with Crippen LogP contribution in [-0.2, 0) is 22.4 Å². The number of aromatic nitrogens is 2. The van der Waals surface area contributed by atoms with Crippen LogP contribution in [0.15, 0.2) is 22.0 Å². The number of rotatable bonds is 6. The molecule has 6 heteroatoms. The lowest BCUT2D eigenvalue weighted by Crippen LogP contribution is -2.09. The largest absolute Gasteiger partial charge is 0.377 e. The second-order valence-electron chi connectivity index (χ2n) is 3.51. The third kappa shape index (κ3) is 3.47. The molecule has 0 aliphatic rings. The number of nitrogens with zero attached hydrogens (tertiary/aromatic N) is 2. The van der Waals surface area contributed by atoms with Crippen molar-refractivity contribution < 1.29 is 14.1 Å². The Kier molecular flexibility index (Phi) is 4.00. The second kappa shape index (κ2) is 5.70. The Labute approximate surface area is 102 Å². The number of hydrogen-bond donors (Lipinski definition) is 0. The van der Waals surface area contributed by atoms with Gasteiger partial charge < -0.3 is 9.26 Å². The van der Waals surface area contributed by atoms with Crippen LogP contribution in [0.4, 0.5) is 0 Å². The van der Waals surface area contributed by atoms with E-state index in [-0.39, 0.29) is 18.8 Å². The lowest BCUT2D eigenvalue weighted by Gasteiger charge is -1.93. The summed E-state index contributed by atoms with van der Waals surface area (Å²) in [6.07, 6.45) is 0.769. The van der Waals surface area contributed by atoms with Crippen LogP contribution in [0.25, 0.3) is 0 Å². The molecule has 2 aromatic rings. The lowest BCUT2D eigenvalue weighted by atomic mass is 10.3. The van der Waals surface area contributed by atoms with Gasteiger partial charge in [-0.05, 0) is 11.4 Å². The molecule has 0 unspecified atom stereocenters. The molecule has 0 amide bonds. The molecule has 0 aliphatic heterocycles. The number of carbonyl (C=O) groups excluding carboxylic acids is 1. The van der Waals surface area contributed by atoms with E-state index >= 15 is 0 Å². The normalized spacial score (nSPS) is 10.6. The highest BCUT2D eigenvalue weighted by molar-refractivity contribution is 7.09. The van der Waals surface area contributed by atoms with Crippen molar-refractivity contribution in [3.8, 4) is 0 Å². The average molecular weight is 252 g/mol. The molecule has 0 saturated heterocycles. The monoisotopic (exact) mass is 252 g/mol. The number of hydrogen-bond acceptors (Lipinski definition) is 6. The average Bonchev–Trinajstić information content (AvgIpc) is 2.91. The third-order valence-electron chi connectivity index (χ3n) is 2.08. The molecule has 0 atom stereocenters. The standard InChI is InChI=1S/C11H12N2O3S/c1-15-7-8(14)5-11-12-10(13-16-11)6-9-3-2-4-17-9/h2-4H,5-7H2,1H3. The summed E-state index contributed by atoms with van der Waals surface area (Å²) in [7, 11) is 1.48. The second-order valence-corrected chi connectivity index (χ2v) is 4.54. The van der Waals surface area contributed by atoms with E-state index in [4.69, 9.17) is 9.26 Å². The van der Waals surface area contributed by atoms with Gasteiger partial charge in [0.2, 0.25) is 5.89 Å². The minimum absolute atomic E-state index is 0.0705. The number of methoxy groups -OCH3 is 1. The molecule has 0 spiro atoms. The number of ether oxygens (including phenoxy) is 1. The van der Waals surface area contributed by atoms with Gasteiger partial charge in [0.05, 0.1) is 6.42 Å². The predicted molar refractivity (Wildman–Crippen MR) is 62.0 cm³/mol. The fraction of sp³-hybridized carbons (Fsp3) is 0.364. The van der Waals surface area contributed by atoms with Crippen molar-refractivity contribution in [2.75, 3.05) is 13.7 Å². The van der Waals surface area contributed by atoms with Crippen molar-refractivity contribution in [1.82, 2.24) is 10.1 Å². The molecule has 5 nitrogen and oxygen atoms in total. The van der Waals surface area contributed by atoms with Gasteiger partial charge in [-0.3, -0.25) is 4.79 Å². The van der Waals surface area contributed by atoms with Crippen molar-refractivity contribution in [3.05, 3.63) is 34.1 Å². The molecule has 0 radical (unpaired) electrons. The zero-order valence-corrected chi connectivity index (χ0v) is 10.2. The highest BCUT2D eigenvalue weighted by atomic mass is 32.1. The van der Waals surface area contributed by atoms with Gasteiger partial charge >= 0.3 is 0 Å². The number of thiophene rings is 1. The molecule has 0 fully saturated rings. The van der Waals surface area contributed by atoms with Gasteiger partial charge in [0.1, 0.15) is 6.61 Å². The van der Waals surface area contributed by atoms with Gasteiger partial charge in [-0.1, -0.05) is 11.2 Å². The number of Topliss-reactive ketones (excluding diaryl/α,β-unsaturated/α-hetero) is 1. The number of carbonyl (C=O) groups is 1. The van der Waals surface area contributed by atoms with Gasteiger partial charge in [0.15, 0.2) is 11.6 Å². The van der Waals surface area contributed by atoms with Gasteiger partial charge in [-0.15, -0.1) is 11.3 Å². The zero-order valence-electron chi connectivity index (χ0n) is 9.38. The van der Waals surface area contributed by atoms with Crippen LogP contribution in [0.1, 0.15) is 16.6 Å². The van der Waals surface area contributed by atoms with Crippen molar-refractivity contribution >= 4 is 17.1 Å². The quantitative estimate of drug-likeness (QED) is 0.779. The van der Waals surface area contributed by atoms with E-state index in [9.17, 15) is 4.79 Å². The summed E-state index contributed by atoms with van der Waals surface area (Å²) in [5.74, 6) is 0.880. The molecule has 17 heavy (non-hydrogen) atoms. The summed E-state index contributed by atoms with van der Waals surface area (Å²) >= 11 is 1.64. The van der Waals surface area contributed by atoms with Crippen molar-refractivity contribution in [3.63, 3.8) is 0 Å². The van der Waals surface area contributed by atoms with Crippen LogP contribution in [0, 0.1) is 0 Å². The molecular formula is C11H12N2O3S. The Morgan fingerprint density at radius 1 is 1.59 bits per heavy atom. The fourth-order valence-electron chi connectivity index (χ4n) is 1.38. The topological polar surface area (TPSA) is 65.2 Å². The van der Waals surface area contributed by atoms with E-state index in [0.29, 0.717) is 18.1 Å². The maximum absolute atomic E-state index is 11.3. The van der Waals surface area contributed by atoms with Crippen molar-refractivity contribution in [1.29, 1.82) is 0 Å². The molecular weight excluding hydrogens is 240 g/mol. The van der Waals surface area contributed by atoms with E-state index in [1.807, 2.05) is 17.5 Å². The summed E-state index contributed by atoms with van der Waals surface area (Å²) in [5.41, 5.74) is 0. The first-order chi connectivity index (χ1) is 8.28. The molecule has 90 valence electrons. The molecule has 2 aromatic heterocycles. The molecule has 0 aromatic carbocycles. The first-order valence-corrected chi connectivity index (χ1v) is 6.00. The first-order valence-electron chi connectivity index (χ1n) is 5.12. The molecule has 2 rings (SSSR count). The van der Waals surface area contributed by atoms with Crippen LogP contribution >= 0.6 is 11.3 Å². The summed E-state index contributed by atoms with van der Waals surface area (Å²) in [6.45, 7) is 0.0721. The van der Waals surface area contributed by atoms with Gasteiger partial charge in [0, 0.05) is 18.4 Å². The third-order valence-corrected chi connectivity index (χ3v) is 2.95. The molecule has 0 bridgehead atoms. The maximum atomic E-state index is 11.3. The predicted octanol–water partition coefficient (Wildman–Crippen LogP) is 1.48. The molecule has 0 N–H and O–H groups in total. The van der Waals surface area contributed by atoms with Crippen LogP contribution < -0.4 is 0 Å². The van der Waals surface area contributed by atoms with Gasteiger partial charge in [-0.25, -0.2) is 0 Å². The minimum atomic E-state index is -0.0705. The summed E-state index contributed by atoms with van der Waals surface area (Å²) in [6, 6.07) is 3.99. The smallest absolute Gasteiger partial charge is 0.234 e. The van der Waals surface area contributed by atoms with Crippen molar-refractivity contribution in [2.24, 2.45) is 0 Å². The van der Waals surface area contributed by atoms with Crippen LogP contribution in [0.2, 0.25) is 0 Å². The molecule has 0 saturated carbocycles. The summed E-state index contributed by atoms with van der Waals surface area (Å²) in [4.78, 5) is 16.6. The van der Waals surface area contributed by atoms with E-state index in [1.165, 1.54) is 12.0 Å². The Hall–Kier alpha value is -1.53. The van der Waals surface area contributed by atoms with Gasteiger partial charge in [0.25, 0.3) is 0 Å². The van der Waals surface area contributed by atoms with E-state index in [0.717, 1.165) is 0 Å². The summed E-state index contributed by atoms with van der Waals surface area (Å²) in [5, 5.41) is 5.83. The maximum Gasteiger partial charge on any atom is 0.234 e. The number of ketones is 1. The van der Waals surface area contributed by atoms with Crippen LogP contribution in [0.5, 0.6) is 0 Å². The van der Waals surface area contributed by atoms with E-state index in [1.54, 1.807) is 11.3 Å². The Morgan fingerprint density at radius 3 is 3.18 bits per heavy atom. The van der Waals surface area contributed by atoms with E-state index < -0.39 is 0 Å². The first kappa shape index (κ1) is 11.9. The molecule has 0 aliphatic carbocycles. The Bertz CT molecular complexity index is 479. The molecule has 2 heterocycles.